The van der Waals surface area contributed by atoms with E-state index in [1.165, 1.54) is 34.0 Å². The first-order valence-electron chi connectivity index (χ1n) is 15.9. The van der Waals surface area contributed by atoms with Gasteiger partial charge in [-0.3, -0.25) is 0 Å². The summed E-state index contributed by atoms with van der Waals surface area (Å²) in [5.74, 6) is -0.766. The molecule has 2 fully saturated rings. The topological polar surface area (TPSA) is 105 Å². The predicted octanol–water partition coefficient (Wildman–Crippen LogP) is 4.16. The lowest BCUT2D eigenvalue weighted by molar-refractivity contribution is -0.117. The van der Waals surface area contributed by atoms with Crippen molar-refractivity contribution in [3.63, 3.8) is 0 Å². The maximum Gasteiger partial charge on any atom is 0.350 e. The van der Waals surface area contributed by atoms with E-state index >= 15 is 0 Å². The summed E-state index contributed by atoms with van der Waals surface area (Å²) in [6, 6.07) is 19.2. The van der Waals surface area contributed by atoms with E-state index in [9.17, 15) is 13.6 Å². The molecule has 0 bridgehead atoms. The molecule has 4 heterocycles. The molecule has 0 unspecified atom stereocenters. The van der Waals surface area contributed by atoms with Crippen LogP contribution in [-0.2, 0) is 21.6 Å². The minimum Gasteiger partial charge on any atom is -0.488 e. The summed E-state index contributed by atoms with van der Waals surface area (Å²) in [4.78, 5) is 18.7. The molecule has 2 aliphatic heterocycles. The SMILES string of the molecule is CC(C)n1ncn(-c2ccc(N3CCN(c4ccc(OC[C@@H]5OC[C@@](Cn6nccn6)(c6ccc(F)cc6F)O5)cc4)CC3)cc2)c1=O. The van der Waals surface area contributed by atoms with Gasteiger partial charge in [-0.15, -0.1) is 0 Å². The Bertz CT molecular complexity index is 1890. The fraction of sp³-hybridized carbons (Fsp3) is 0.353. The zero-order chi connectivity index (χ0) is 33.3. The standard InChI is InChI=1S/C34H36F2N8O4/c1-24(2)44-33(45)42(23-39-44)28-6-4-26(5-7-28)40-15-17-41(18-16-40)27-8-10-29(11-9-27)46-20-32-47-22-34(48-32,21-43-37-13-14-38-43)30-12-3-25(35)19-31(30)36/h3-14,19,23-24,32H,15-18,20-22H2,1-2H3/t32-,34+/m1/s1. The lowest BCUT2D eigenvalue weighted by Crippen LogP contribution is -2.46. The van der Waals surface area contributed by atoms with Crippen LogP contribution in [0.5, 0.6) is 5.75 Å². The number of piperazine rings is 1. The predicted molar refractivity (Wildman–Crippen MR) is 173 cm³/mol. The van der Waals surface area contributed by atoms with Crippen molar-refractivity contribution in [3.8, 4) is 11.4 Å². The Morgan fingerprint density at radius 3 is 2.10 bits per heavy atom. The van der Waals surface area contributed by atoms with Gasteiger partial charge in [0.25, 0.3) is 0 Å². The number of halogens is 2. The van der Waals surface area contributed by atoms with Gasteiger partial charge in [0, 0.05) is 49.2 Å². The average molecular weight is 659 g/mol. The third-order valence-corrected chi connectivity index (χ3v) is 8.69. The van der Waals surface area contributed by atoms with Crippen molar-refractivity contribution in [1.82, 2.24) is 29.3 Å². The molecule has 5 aromatic rings. The quantitative estimate of drug-likeness (QED) is 0.219. The number of anilines is 2. The lowest BCUT2D eigenvalue weighted by atomic mass is 9.94. The van der Waals surface area contributed by atoms with E-state index in [-0.39, 0.29) is 37.1 Å². The average Bonchev–Trinajstić information content (AvgIpc) is 3.85. The molecule has 0 aliphatic carbocycles. The molecule has 0 amide bonds. The number of nitrogens with zero attached hydrogens (tertiary/aromatic N) is 8. The summed E-state index contributed by atoms with van der Waals surface area (Å²) in [5.41, 5.74) is 1.74. The highest BCUT2D eigenvalue weighted by atomic mass is 19.1. The number of hydrogen-bond donors (Lipinski definition) is 0. The van der Waals surface area contributed by atoms with Crippen LogP contribution in [0.3, 0.4) is 0 Å². The van der Waals surface area contributed by atoms with Crippen molar-refractivity contribution >= 4 is 11.4 Å². The molecule has 250 valence electrons. The van der Waals surface area contributed by atoms with E-state index < -0.39 is 23.5 Å². The molecule has 3 aromatic carbocycles. The molecule has 14 heteroatoms. The molecule has 2 saturated heterocycles. The minimum absolute atomic E-state index is 0.000448. The van der Waals surface area contributed by atoms with Crippen LogP contribution >= 0.6 is 0 Å². The first-order chi connectivity index (χ1) is 23.3. The van der Waals surface area contributed by atoms with Gasteiger partial charge in [-0.05, 0) is 68.4 Å². The number of benzene rings is 3. The van der Waals surface area contributed by atoms with E-state index in [1.807, 2.05) is 62.4 Å². The smallest absolute Gasteiger partial charge is 0.350 e. The summed E-state index contributed by atoms with van der Waals surface area (Å²) < 4.78 is 49.7. The first-order valence-corrected chi connectivity index (χ1v) is 15.9. The Morgan fingerprint density at radius 1 is 0.875 bits per heavy atom. The van der Waals surface area contributed by atoms with Gasteiger partial charge in [0.05, 0.1) is 37.3 Å². The molecular weight excluding hydrogens is 622 g/mol. The van der Waals surface area contributed by atoms with Gasteiger partial charge >= 0.3 is 5.69 Å². The number of hydrogen-bond acceptors (Lipinski definition) is 9. The summed E-state index contributed by atoms with van der Waals surface area (Å²) in [6.07, 6.45) is 3.81. The maximum absolute atomic E-state index is 14.9. The van der Waals surface area contributed by atoms with Crippen LogP contribution in [0.1, 0.15) is 25.5 Å². The summed E-state index contributed by atoms with van der Waals surface area (Å²) in [7, 11) is 0. The number of ether oxygens (including phenoxy) is 3. The van der Waals surface area contributed by atoms with Crippen LogP contribution in [0.15, 0.2) is 90.2 Å². The van der Waals surface area contributed by atoms with E-state index in [0.717, 1.165) is 49.3 Å². The van der Waals surface area contributed by atoms with Crippen LogP contribution in [0, 0.1) is 11.6 Å². The van der Waals surface area contributed by atoms with Crippen LogP contribution in [0.2, 0.25) is 0 Å². The van der Waals surface area contributed by atoms with Crippen molar-refractivity contribution in [2.75, 3.05) is 49.2 Å². The molecular formula is C34H36F2N8O4. The molecule has 2 atom stereocenters. The van der Waals surface area contributed by atoms with Gasteiger partial charge in [0.15, 0.2) is 6.29 Å². The van der Waals surface area contributed by atoms with Crippen molar-refractivity contribution in [3.05, 3.63) is 113 Å². The second-order valence-corrected chi connectivity index (χ2v) is 12.2. The highest BCUT2D eigenvalue weighted by molar-refractivity contribution is 5.54. The number of aromatic nitrogens is 6. The fourth-order valence-corrected chi connectivity index (χ4v) is 6.16. The molecule has 2 aromatic heterocycles. The van der Waals surface area contributed by atoms with E-state index in [4.69, 9.17) is 14.2 Å². The van der Waals surface area contributed by atoms with Crippen molar-refractivity contribution < 1.29 is 23.0 Å². The Kier molecular flexibility index (Phi) is 8.67. The molecule has 12 nitrogen and oxygen atoms in total. The van der Waals surface area contributed by atoms with Crippen LogP contribution < -0.4 is 20.2 Å². The third kappa shape index (κ3) is 6.40. The molecule has 2 aliphatic rings. The highest BCUT2D eigenvalue weighted by Gasteiger charge is 2.46. The van der Waals surface area contributed by atoms with Gasteiger partial charge in [0.1, 0.15) is 35.9 Å². The second-order valence-electron chi connectivity index (χ2n) is 12.2. The molecule has 7 rings (SSSR count). The van der Waals surface area contributed by atoms with Gasteiger partial charge in [-0.2, -0.15) is 20.1 Å². The van der Waals surface area contributed by atoms with Gasteiger partial charge < -0.3 is 24.0 Å². The normalized spacial score (nSPS) is 19.7. The Morgan fingerprint density at radius 2 is 1.50 bits per heavy atom. The van der Waals surface area contributed by atoms with Crippen molar-refractivity contribution in [2.45, 2.75) is 38.3 Å². The fourth-order valence-electron chi connectivity index (χ4n) is 6.16. The van der Waals surface area contributed by atoms with Crippen molar-refractivity contribution in [1.29, 1.82) is 0 Å². The van der Waals surface area contributed by atoms with Crippen LogP contribution in [0.25, 0.3) is 5.69 Å². The largest absolute Gasteiger partial charge is 0.488 e. The molecule has 0 radical (unpaired) electrons. The first kappa shape index (κ1) is 31.5. The summed E-state index contributed by atoms with van der Waals surface area (Å²) >= 11 is 0. The Labute approximate surface area is 275 Å². The Balaban J connectivity index is 0.929. The zero-order valence-electron chi connectivity index (χ0n) is 26.7. The summed E-state index contributed by atoms with van der Waals surface area (Å²) in [6.45, 7) is 7.43. The van der Waals surface area contributed by atoms with E-state index in [1.54, 1.807) is 10.9 Å². The number of rotatable bonds is 10. The molecule has 0 N–H and O–H groups in total. The second kappa shape index (κ2) is 13.2. The lowest BCUT2D eigenvalue weighted by Gasteiger charge is -2.37. The van der Waals surface area contributed by atoms with E-state index in [2.05, 4.69) is 25.1 Å². The van der Waals surface area contributed by atoms with E-state index in [0.29, 0.717) is 5.75 Å². The molecule has 0 saturated carbocycles. The molecule has 0 spiro atoms. The van der Waals surface area contributed by atoms with Crippen LogP contribution in [-0.4, -0.2) is 75.0 Å². The minimum atomic E-state index is -1.25. The van der Waals surface area contributed by atoms with Crippen molar-refractivity contribution in [2.24, 2.45) is 0 Å². The highest BCUT2D eigenvalue weighted by Crippen LogP contribution is 2.37. The molecule has 48 heavy (non-hydrogen) atoms. The Hall–Kier alpha value is -5.08. The van der Waals surface area contributed by atoms with Crippen LogP contribution in [0.4, 0.5) is 20.2 Å². The maximum atomic E-state index is 14.9. The van der Waals surface area contributed by atoms with Gasteiger partial charge in [0.2, 0.25) is 0 Å². The van der Waals surface area contributed by atoms with Gasteiger partial charge in [-0.1, -0.05) is 6.07 Å². The van der Waals surface area contributed by atoms with Gasteiger partial charge in [-0.25, -0.2) is 22.8 Å². The monoisotopic (exact) mass is 658 g/mol. The zero-order valence-corrected chi connectivity index (χ0v) is 26.7. The third-order valence-electron chi connectivity index (χ3n) is 8.69. The summed E-state index contributed by atoms with van der Waals surface area (Å²) in [5, 5.41) is 12.5.